The van der Waals surface area contributed by atoms with Crippen LogP contribution in [0.2, 0.25) is 0 Å². The first-order valence-corrected chi connectivity index (χ1v) is 7.83. The van der Waals surface area contributed by atoms with Crippen LogP contribution in [0.15, 0.2) is 41.7 Å². The minimum absolute atomic E-state index is 0.195. The average Bonchev–Trinajstić information content (AvgIpc) is 3.18. The number of H-pyrrole nitrogens is 1. The molecule has 2 N–H and O–H groups in total. The zero-order valence-electron chi connectivity index (χ0n) is 12.0. The van der Waals surface area contributed by atoms with Gasteiger partial charge in [0, 0.05) is 23.8 Å². The number of fused-ring (bicyclic) bond motifs is 1. The predicted molar refractivity (Wildman–Crippen MR) is 85.4 cm³/mol. The van der Waals surface area contributed by atoms with Crippen molar-refractivity contribution in [3.63, 3.8) is 0 Å². The van der Waals surface area contributed by atoms with Crippen LogP contribution in [0.3, 0.4) is 0 Å². The minimum Gasteiger partial charge on any atom is -0.368 e. The molecule has 1 atom stereocenters. The van der Waals surface area contributed by atoms with Crippen molar-refractivity contribution < 1.29 is 0 Å². The summed E-state index contributed by atoms with van der Waals surface area (Å²) in [4.78, 5) is 12.5. The second-order valence-corrected chi connectivity index (χ2v) is 5.93. The van der Waals surface area contributed by atoms with Crippen molar-refractivity contribution in [2.24, 2.45) is 4.99 Å². The highest BCUT2D eigenvalue weighted by atomic mass is 15.0. The molecule has 0 bridgehead atoms. The number of hydrogen-bond acceptors (Lipinski definition) is 3. The highest BCUT2D eigenvalue weighted by Gasteiger charge is 2.19. The Balaban J connectivity index is 1.61. The monoisotopic (exact) mass is 280 g/mol. The van der Waals surface area contributed by atoms with E-state index in [4.69, 9.17) is 4.99 Å². The van der Waals surface area contributed by atoms with Crippen LogP contribution in [0.25, 0.3) is 11.0 Å². The molecule has 21 heavy (non-hydrogen) atoms. The first-order valence-electron chi connectivity index (χ1n) is 7.83. The fourth-order valence-electron chi connectivity index (χ4n) is 3.41. The SMILES string of the molecule is C1=CC(NC2CCCC2)=NC(c2ccnc3[nH]ccc23)C1. The van der Waals surface area contributed by atoms with E-state index < -0.39 is 0 Å². The Morgan fingerprint density at radius 3 is 3.00 bits per heavy atom. The molecule has 0 amide bonds. The summed E-state index contributed by atoms with van der Waals surface area (Å²) in [5.74, 6) is 1.04. The number of pyridine rings is 1. The normalized spacial score (nSPS) is 22.7. The Kier molecular flexibility index (Phi) is 3.22. The van der Waals surface area contributed by atoms with Gasteiger partial charge in [0.25, 0.3) is 0 Å². The molecule has 1 aliphatic carbocycles. The van der Waals surface area contributed by atoms with Crippen LogP contribution < -0.4 is 5.32 Å². The van der Waals surface area contributed by atoms with E-state index in [1.165, 1.54) is 36.6 Å². The number of dihydropyridines is 1. The number of aromatic amines is 1. The second kappa shape index (κ2) is 5.35. The molecule has 1 saturated carbocycles. The third-order valence-electron chi connectivity index (χ3n) is 4.49. The molecule has 4 rings (SSSR count). The standard InChI is InChI=1S/C17H20N4/c1-2-5-12(4-1)20-16-7-3-6-15(21-16)13-8-10-18-17-14(13)9-11-19-17/h3,7-12,15H,1-2,4-6H2,(H,18,19)(H,20,21). The van der Waals surface area contributed by atoms with Crippen LogP contribution in [0, 0.1) is 0 Å². The lowest BCUT2D eigenvalue weighted by atomic mass is 10.0. The first kappa shape index (κ1) is 12.6. The van der Waals surface area contributed by atoms with Crippen LogP contribution in [-0.4, -0.2) is 21.8 Å². The van der Waals surface area contributed by atoms with Gasteiger partial charge in [-0.3, -0.25) is 4.99 Å². The number of rotatable bonds is 2. The Labute approximate surface area is 124 Å². The number of aromatic nitrogens is 2. The lowest BCUT2D eigenvalue weighted by Crippen LogP contribution is -2.32. The van der Waals surface area contributed by atoms with Crippen molar-refractivity contribution in [2.45, 2.75) is 44.2 Å². The van der Waals surface area contributed by atoms with E-state index in [0.29, 0.717) is 6.04 Å². The lowest BCUT2D eigenvalue weighted by molar-refractivity contribution is 0.621. The molecule has 3 heterocycles. The van der Waals surface area contributed by atoms with Crippen molar-refractivity contribution in [3.05, 3.63) is 42.2 Å². The molecule has 2 aromatic heterocycles. The summed E-state index contributed by atoms with van der Waals surface area (Å²) < 4.78 is 0. The molecule has 0 radical (unpaired) electrons. The highest BCUT2D eigenvalue weighted by Crippen LogP contribution is 2.30. The summed E-state index contributed by atoms with van der Waals surface area (Å²) in [7, 11) is 0. The third-order valence-corrected chi connectivity index (χ3v) is 4.49. The van der Waals surface area contributed by atoms with Crippen molar-refractivity contribution in [2.75, 3.05) is 0 Å². The van der Waals surface area contributed by atoms with Crippen LogP contribution in [0.1, 0.15) is 43.7 Å². The van der Waals surface area contributed by atoms with Gasteiger partial charge < -0.3 is 10.3 Å². The fourth-order valence-corrected chi connectivity index (χ4v) is 3.41. The number of amidine groups is 1. The zero-order chi connectivity index (χ0) is 14.1. The van der Waals surface area contributed by atoms with Gasteiger partial charge >= 0.3 is 0 Å². The number of aliphatic imine (C=N–C) groups is 1. The molecule has 1 unspecified atom stereocenters. The van der Waals surface area contributed by atoms with Gasteiger partial charge in [-0.25, -0.2) is 4.98 Å². The maximum Gasteiger partial charge on any atom is 0.137 e. The van der Waals surface area contributed by atoms with Gasteiger partial charge in [0.05, 0.1) is 6.04 Å². The van der Waals surface area contributed by atoms with E-state index in [0.717, 1.165) is 17.9 Å². The van der Waals surface area contributed by atoms with Crippen LogP contribution in [-0.2, 0) is 0 Å². The lowest BCUT2D eigenvalue weighted by Gasteiger charge is -2.20. The van der Waals surface area contributed by atoms with Crippen LogP contribution in [0.5, 0.6) is 0 Å². The molecule has 4 nitrogen and oxygen atoms in total. The molecule has 1 fully saturated rings. The molecule has 1 aliphatic heterocycles. The van der Waals surface area contributed by atoms with Gasteiger partial charge in [0.2, 0.25) is 0 Å². The van der Waals surface area contributed by atoms with Crippen molar-refractivity contribution in [1.29, 1.82) is 0 Å². The Hall–Kier alpha value is -2.10. The Morgan fingerprint density at radius 2 is 2.10 bits per heavy atom. The zero-order valence-corrected chi connectivity index (χ0v) is 12.0. The van der Waals surface area contributed by atoms with Gasteiger partial charge in [-0.1, -0.05) is 18.9 Å². The van der Waals surface area contributed by atoms with Gasteiger partial charge in [0.1, 0.15) is 11.5 Å². The summed E-state index contributed by atoms with van der Waals surface area (Å²) in [6.45, 7) is 0. The molecular formula is C17H20N4. The van der Waals surface area contributed by atoms with E-state index in [1.54, 1.807) is 0 Å². The predicted octanol–water partition coefficient (Wildman–Crippen LogP) is 3.49. The first-order chi connectivity index (χ1) is 10.4. The highest BCUT2D eigenvalue weighted by molar-refractivity contribution is 5.94. The largest absolute Gasteiger partial charge is 0.368 e. The van der Waals surface area contributed by atoms with Crippen molar-refractivity contribution >= 4 is 16.9 Å². The maximum atomic E-state index is 4.92. The van der Waals surface area contributed by atoms with E-state index in [-0.39, 0.29) is 6.04 Å². The van der Waals surface area contributed by atoms with Crippen molar-refractivity contribution in [1.82, 2.24) is 15.3 Å². The molecule has 0 spiro atoms. The molecule has 2 aliphatic rings. The number of hydrogen-bond donors (Lipinski definition) is 2. The van der Waals surface area contributed by atoms with Gasteiger partial charge in [-0.15, -0.1) is 0 Å². The Morgan fingerprint density at radius 1 is 1.19 bits per heavy atom. The molecule has 0 aromatic carbocycles. The van der Waals surface area contributed by atoms with Crippen LogP contribution >= 0.6 is 0 Å². The van der Waals surface area contributed by atoms with E-state index >= 15 is 0 Å². The smallest absolute Gasteiger partial charge is 0.137 e. The minimum atomic E-state index is 0.195. The number of nitrogens with one attached hydrogen (secondary N) is 2. The van der Waals surface area contributed by atoms with Gasteiger partial charge in [-0.05, 0) is 43.0 Å². The molecule has 2 aromatic rings. The fraction of sp³-hybridized carbons (Fsp3) is 0.412. The van der Waals surface area contributed by atoms with E-state index in [9.17, 15) is 0 Å². The molecular weight excluding hydrogens is 260 g/mol. The second-order valence-electron chi connectivity index (χ2n) is 5.93. The van der Waals surface area contributed by atoms with Crippen LogP contribution in [0.4, 0.5) is 0 Å². The van der Waals surface area contributed by atoms with Gasteiger partial charge in [0.15, 0.2) is 0 Å². The summed E-state index contributed by atoms with van der Waals surface area (Å²) in [6, 6.07) is 4.99. The summed E-state index contributed by atoms with van der Waals surface area (Å²) in [5.41, 5.74) is 2.21. The molecule has 0 saturated heterocycles. The molecule has 4 heteroatoms. The maximum absolute atomic E-state index is 4.92. The summed E-state index contributed by atoms with van der Waals surface area (Å²) in [5, 5.41) is 4.78. The quantitative estimate of drug-likeness (QED) is 0.884. The molecule has 108 valence electrons. The summed E-state index contributed by atoms with van der Waals surface area (Å²) in [6.07, 6.45) is 14.4. The summed E-state index contributed by atoms with van der Waals surface area (Å²) >= 11 is 0. The topological polar surface area (TPSA) is 53.1 Å². The van der Waals surface area contributed by atoms with E-state index in [2.05, 4.69) is 39.6 Å². The van der Waals surface area contributed by atoms with Crippen molar-refractivity contribution in [3.8, 4) is 0 Å². The van der Waals surface area contributed by atoms with E-state index in [1.807, 2.05) is 12.4 Å². The van der Waals surface area contributed by atoms with Gasteiger partial charge in [-0.2, -0.15) is 0 Å². The average molecular weight is 280 g/mol. The Bertz CT molecular complexity index is 692. The third kappa shape index (κ3) is 2.46. The number of nitrogens with zero attached hydrogens (tertiary/aromatic N) is 2.